The van der Waals surface area contributed by atoms with E-state index in [9.17, 15) is 18.0 Å². The van der Waals surface area contributed by atoms with Crippen LogP contribution in [-0.4, -0.2) is 25.4 Å². The summed E-state index contributed by atoms with van der Waals surface area (Å²) < 4.78 is 41.0. The number of para-hydroxylation sites is 2. The van der Waals surface area contributed by atoms with Crippen LogP contribution >= 0.6 is 12.4 Å². The van der Waals surface area contributed by atoms with Crippen molar-refractivity contribution in [1.29, 1.82) is 0 Å². The average molecular weight is 367 g/mol. The van der Waals surface area contributed by atoms with Crippen LogP contribution in [0.1, 0.15) is 26.2 Å². The smallest absolute Gasteiger partial charge is 0.404 e. The summed E-state index contributed by atoms with van der Waals surface area (Å²) in [6.07, 6.45) is -2.37. The molecule has 1 aliphatic rings. The molecular weight excluding hydrogens is 345 g/mol. The van der Waals surface area contributed by atoms with Crippen molar-refractivity contribution in [1.82, 2.24) is 5.32 Å². The van der Waals surface area contributed by atoms with E-state index in [1.165, 1.54) is 18.2 Å². The topological polar surface area (TPSA) is 50.4 Å². The Morgan fingerprint density at radius 1 is 1.42 bits per heavy atom. The van der Waals surface area contributed by atoms with Crippen molar-refractivity contribution in [3.63, 3.8) is 0 Å². The third-order valence-corrected chi connectivity index (χ3v) is 4.03. The monoisotopic (exact) mass is 366 g/mol. The van der Waals surface area contributed by atoms with Gasteiger partial charge in [0, 0.05) is 6.42 Å². The number of carbonyl (C=O) groups is 1. The number of amides is 1. The number of hydrogen-bond donors (Lipinski definition) is 2. The van der Waals surface area contributed by atoms with Crippen molar-refractivity contribution in [2.24, 2.45) is 11.8 Å². The molecule has 1 aromatic rings. The number of piperidine rings is 1. The van der Waals surface area contributed by atoms with Crippen molar-refractivity contribution < 1.29 is 22.7 Å². The fourth-order valence-electron chi connectivity index (χ4n) is 2.81. The molecule has 0 bridgehead atoms. The lowest BCUT2D eigenvalue weighted by Crippen LogP contribution is -2.34. The third kappa shape index (κ3) is 6.57. The van der Waals surface area contributed by atoms with E-state index >= 15 is 0 Å². The van der Waals surface area contributed by atoms with Crippen molar-refractivity contribution in [2.75, 3.05) is 18.4 Å². The maximum atomic E-state index is 12.4. The van der Waals surface area contributed by atoms with Crippen LogP contribution in [0.5, 0.6) is 5.75 Å². The molecule has 4 nitrogen and oxygen atoms in total. The lowest BCUT2D eigenvalue weighted by molar-refractivity contribution is -0.274. The molecule has 0 radical (unpaired) electrons. The summed E-state index contributed by atoms with van der Waals surface area (Å²) in [7, 11) is 0. The van der Waals surface area contributed by atoms with Crippen LogP contribution in [0.15, 0.2) is 24.3 Å². The number of nitrogens with one attached hydrogen (secondary N) is 2. The first-order valence-corrected chi connectivity index (χ1v) is 7.70. The van der Waals surface area contributed by atoms with Gasteiger partial charge in [0.1, 0.15) is 0 Å². The molecule has 1 aliphatic heterocycles. The van der Waals surface area contributed by atoms with Crippen LogP contribution in [-0.2, 0) is 4.79 Å². The van der Waals surface area contributed by atoms with Gasteiger partial charge in [0.25, 0.3) is 0 Å². The predicted octanol–water partition coefficient (Wildman–Crippen LogP) is 3.97. The summed E-state index contributed by atoms with van der Waals surface area (Å²) in [5.41, 5.74) is 0.0313. The average Bonchev–Trinajstić information content (AvgIpc) is 2.48. The summed E-state index contributed by atoms with van der Waals surface area (Å²) in [5.74, 6) is -0.128. The Morgan fingerprint density at radius 2 is 2.12 bits per heavy atom. The van der Waals surface area contributed by atoms with E-state index in [1.807, 2.05) is 6.92 Å². The van der Waals surface area contributed by atoms with Gasteiger partial charge in [-0.1, -0.05) is 19.1 Å². The third-order valence-electron chi connectivity index (χ3n) is 4.03. The molecule has 0 saturated carbocycles. The lowest BCUT2D eigenvalue weighted by Gasteiger charge is -2.28. The van der Waals surface area contributed by atoms with Crippen LogP contribution in [0.2, 0.25) is 0 Å². The molecule has 8 heteroatoms. The quantitative estimate of drug-likeness (QED) is 0.829. The highest BCUT2D eigenvalue weighted by Crippen LogP contribution is 2.30. The predicted molar refractivity (Wildman–Crippen MR) is 88.4 cm³/mol. The minimum absolute atomic E-state index is 0. The summed E-state index contributed by atoms with van der Waals surface area (Å²) in [4.78, 5) is 12.1. The largest absolute Gasteiger partial charge is 0.573 e. The minimum Gasteiger partial charge on any atom is -0.404 e. The van der Waals surface area contributed by atoms with Gasteiger partial charge in [-0.2, -0.15) is 0 Å². The first kappa shape index (κ1) is 20.6. The lowest BCUT2D eigenvalue weighted by atomic mass is 9.85. The van der Waals surface area contributed by atoms with Crippen LogP contribution in [0.4, 0.5) is 18.9 Å². The zero-order valence-electron chi connectivity index (χ0n) is 13.4. The molecule has 1 heterocycles. The Balaban J connectivity index is 0.00000288. The second kappa shape index (κ2) is 9.13. The molecular formula is C16H22ClF3N2O2. The maximum absolute atomic E-state index is 12.4. The van der Waals surface area contributed by atoms with Gasteiger partial charge in [0.05, 0.1) is 5.69 Å². The van der Waals surface area contributed by atoms with E-state index in [-0.39, 0.29) is 36.3 Å². The molecule has 2 N–H and O–H groups in total. The van der Waals surface area contributed by atoms with E-state index in [0.29, 0.717) is 5.92 Å². The Bertz CT molecular complexity index is 534. The zero-order chi connectivity index (χ0) is 16.9. The van der Waals surface area contributed by atoms with Crippen molar-refractivity contribution in [2.45, 2.75) is 32.5 Å². The Morgan fingerprint density at radius 3 is 2.75 bits per heavy atom. The number of ether oxygens (including phenoxy) is 1. The van der Waals surface area contributed by atoms with Crippen molar-refractivity contribution in [3.8, 4) is 5.75 Å². The second-order valence-electron chi connectivity index (χ2n) is 5.88. The van der Waals surface area contributed by atoms with E-state index < -0.39 is 12.1 Å². The molecule has 0 aromatic heterocycles. The Hall–Kier alpha value is -1.47. The molecule has 2 unspecified atom stereocenters. The first-order valence-electron chi connectivity index (χ1n) is 7.70. The minimum atomic E-state index is -4.79. The number of rotatable bonds is 5. The van der Waals surface area contributed by atoms with E-state index in [2.05, 4.69) is 15.4 Å². The molecule has 1 saturated heterocycles. The highest BCUT2D eigenvalue weighted by Gasteiger charge is 2.32. The number of anilines is 1. The van der Waals surface area contributed by atoms with Gasteiger partial charge in [0.2, 0.25) is 5.91 Å². The van der Waals surface area contributed by atoms with Crippen molar-refractivity contribution in [3.05, 3.63) is 24.3 Å². The van der Waals surface area contributed by atoms with Crippen LogP contribution < -0.4 is 15.4 Å². The number of benzene rings is 1. The van der Waals surface area contributed by atoms with Crippen LogP contribution in [0.3, 0.4) is 0 Å². The molecule has 24 heavy (non-hydrogen) atoms. The highest BCUT2D eigenvalue weighted by atomic mass is 35.5. The molecule has 0 spiro atoms. The zero-order valence-corrected chi connectivity index (χ0v) is 14.2. The fraction of sp³-hybridized carbons (Fsp3) is 0.562. The summed E-state index contributed by atoms with van der Waals surface area (Å²) in [5, 5.41) is 5.82. The highest BCUT2D eigenvalue weighted by molar-refractivity contribution is 5.92. The molecule has 1 fully saturated rings. The molecule has 2 atom stereocenters. The van der Waals surface area contributed by atoms with Crippen molar-refractivity contribution >= 4 is 24.0 Å². The van der Waals surface area contributed by atoms with Gasteiger partial charge < -0.3 is 15.4 Å². The van der Waals surface area contributed by atoms with Gasteiger partial charge in [-0.05, 0) is 49.9 Å². The standard InChI is InChI=1S/C16H21F3N2O2.ClH/c1-11(12-5-4-8-20-10-12)9-15(22)21-13-6-2-3-7-14(13)23-16(17,18)19;/h2-3,6-7,11-12,20H,4-5,8-10H2,1H3,(H,21,22);1H. The fourth-order valence-corrected chi connectivity index (χ4v) is 2.81. The van der Waals surface area contributed by atoms with Gasteiger partial charge in [-0.25, -0.2) is 0 Å². The Labute approximate surface area is 145 Å². The summed E-state index contributed by atoms with van der Waals surface area (Å²) in [6, 6.07) is 5.55. The van der Waals surface area contributed by atoms with E-state index in [4.69, 9.17) is 0 Å². The summed E-state index contributed by atoms with van der Waals surface area (Å²) >= 11 is 0. The van der Waals surface area contributed by atoms with Crippen LogP contribution in [0, 0.1) is 11.8 Å². The number of carbonyl (C=O) groups excluding carboxylic acids is 1. The van der Waals surface area contributed by atoms with E-state index in [1.54, 1.807) is 6.07 Å². The molecule has 2 rings (SSSR count). The Kier molecular flexibility index (Phi) is 7.83. The van der Waals surface area contributed by atoms with E-state index in [0.717, 1.165) is 25.9 Å². The normalized spacial score (nSPS) is 19.1. The van der Waals surface area contributed by atoms with Crippen LogP contribution in [0.25, 0.3) is 0 Å². The second-order valence-corrected chi connectivity index (χ2v) is 5.88. The molecule has 1 amide bonds. The maximum Gasteiger partial charge on any atom is 0.573 e. The summed E-state index contributed by atoms with van der Waals surface area (Å²) in [6.45, 7) is 3.87. The van der Waals surface area contributed by atoms with Gasteiger partial charge >= 0.3 is 6.36 Å². The SMILES string of the molecule is CC(CC(=O)Nc1ccccc1OC(F)(F)F)C1CCCNC1.Cl. The molecule has 136 valence electrons. The molecule has 0 aliphatic carbocycles. The van der Waals surface area contributed by atoms with Gasteiger partial charge in [-0.15, -0.1) is 25.6 Å². The molecule has 1 aromatic carbocycles. The number of hydrogen-bond acceptors (Lipinski definition) is 3. The van der Waals surface area contributed by atoms with Gasteiger partial charge in [0.15, 0.2) is 5.75 Å². The number of alkyl halides is 3. The first-order chi connectivity index (χ1) is 10.8. The van der Waals surface area contributed by atoms with Gasteiger partial charge in [-0.3, -0.25) is 4.79 Å². The number of halogens is 4.